The number of rotatable bonds is 2. The molecule has 0 unspecified atom stereocenters. The third-order valence-corrected chi connectivity index (χ3v) is 4.22. The van der Waals surface area contributed by atoms with Crippen LogP contribution in [0.4, 0.5) is 0 Å². The van der Waals surface area contributed by atoms with Gasteiger partial charge in [-0.15, -0.1) is 0 Å². The summed E-state index contributed by atoms with van der Waals surface area (Å²) in [5.41, 5.74) is 1.17. The van der Waals surface area contributed by atoms with Crippen molar-refractivity contribution in [2.24, 2.45) is 0 Å². The Morgan fingerprint density at radius 2 is 2.40 bits per heavy atom. The highest BCUT2D eigenvalue weighted by Crippen LogP contribution is 2.36. The minimum Gasteiger partial charge on any atom is -0.379 e. The second-order valence-electron chi connectivity index (χ2n) is 5.70. The zero-order valence-corrected chi connectivity index (χ0v) is 12.0. The van der Waals surface area contributed by atoms with Crippen LogP contribution in [0.1, 0.15) is 29.0 Å². The number of methoxy groups -OCH3 is 1. The van der Waals surface area contributed by atoms with Gasteiger partial charge in [-0.2, -0.15) is 0 Å². The molecule has 2 fully saturated rings. The molecule has 108 valence electrons. The lowest BCUT2D eigenvalue weighted by molar-refractivity contribution is 0.00697. The van der Waals surface area contributed by atoms with Crippen LogP contribution in [0.3, 0.4) is 0 Å². The molecule has 2 atom stereocenters. The van der Waals surface area contributed by atoms with Crippen molar-refractivity contribution in [3.8, 4) is 0 Å². The third-order valence-electron chi connectivity index (χ3n) is 4.22. The molecule has 20 heavy (non-hydrogen) atoms. The lowest BCUT2D eigenvalue weighted by Gasteiger charge is -2.23. The Hall–Kier alpha value is -1.46. The number of aromatic nitrogens is 1. The van der Waals surface area contributed by atoms with Gasteiger partial charge in [0, 0.05) is 25.8 Å². The van der Waals surface area contributed by atoms with E-state index in [0.717, 1.165) is 25.1 Å². The van der Waals surface area contributed by atoms with Gasteiger partial charge in [-0.05, 0) is 25.5 Å². The number of likely N-dealkylation sites (tertiary alicyclic amines) is 1. The Kier molecular flexibility index (Phi) is 3.48. The van der Waals surface area contributed by atoms with E-state index in [0.29, 0.717) is 18.8 Å². The van der Waals surface area contributed by atoms with Crippen molar-refractivity contribution >= 4 is 5.91 Å². The topological polar surface area (TPSA) is 51.7 Å². The van der Waals surface area contributed by atoms with E-state index in [1.54, 1.807) is 13.2 Å². The molecule has 1 aromatic rings. The first-order valence-corrected chi connectivity index (χ1v) is 7.02. The van der Waals surface area contributed by atoms with Crippen LogP contribution in [0.2, 0.25) is 0 Å². The number of carbonyl (C=O) groups excluding carboxylic acids is 1. The second-order valence-corrected chi connectivity index (χ2v) is 5.70. The highest BCUT2D eigenvalue weighted by molar-refractivity contribution is 5.92. The molecular formula is C15H20N2O3. The summed E-state index contributed by atoms with van der Waals surface area (Å²) < 4.78 is 11.3. The summed E-state index contributed by atoms with van der Waals surface area (Å²) in [7, 11) is 1.71. The van der Waals surface area contributed by atoms with Gasteiger partial charge in [-0.25, -0.2) is 4.98 Å². The van der Waals surface area contributed by atoms with Gasteiger partial charge in [0.1, 0.15) is 5.69 Å². The Morgan fingerprint density at radius 1 is 1.55 bits per heavy atom. The molecule has 1 spiro atoms. The molecular weight excluding hydrogens is 256 g/mol. The molecule has 0 radical (unpaired) electrons. The van der Waals surface area contributed by atoms with E-state index in [9.17, 15) is 4.79 Å². The standard InChI is InChI=1S/C15H20N2O3/c1-11-4-3-5-13(16-11)14(18)17-7-6-15(10-17)8-12(19-2)9-20-15/h3-5,12H,6-10H2,1-2H3/t12-,15+/m0/s1. The fourth-order valence-corrected chi connectivity index (χ4v) is 3.08. The minimum atomic E-state index is -0.208. The maximum Gasteiger partial charge on any atom is 0.272 e. The molecule has 5 nitrogen and oxygen atoms in total. The predicted molar refractivity (Wildman–Crippen MR) is 73.6 cm³/mol. The molecule has 2 saturated heterocycles. The molecule has 0 aromatic carbocycles. The lowest BCUT2D eigenvalue weighted by Crippen LogP contribution is -2.36. The third kappa shape index (κ3) is 2.43. The first kappa shape index (κ1) is 13.5. The predicted octanol–water partition coefficient (Wildman–Crippen LogP) is 1.41. The average Bonchev–Trinajstić information content (AvgIpc) is 3.06. The lowest BCUT2D eigenvalue weighted by atomic mass is 9.98. The molecule has 0 saturated carbocycles. The Morgan fingerprint density at radius 3 is 3.10 bits per heavy atom. The Bertz CT molecular complexity index is 520. The zero-order valence-electron chi connectivity index (χ0n) is 12.0. The van der Waals surface area contributed by atoms with E-state index in [4.69, 9.17) is 9.47 Å². The second kappa shape index (κ2) is 5.14. The van der Waals surface area contributed by atoms with E-state index in [2.05, 4.69) is 4.98 Å². The number of carbonyl (C=O) groups is 1. The Balaban J connectivity index is 1.70. The van der Waals surface area contributed by atoms with Crippen molar-refractivity contribution in [3.63, 3.8) is 0 Å². The van der Waals surface area contributed by atoms with E-state index in [1.165, 1.54) is 0 Å². The highest BCUT2D eigenvalue weighted by atomic mass is 16.6. The number of nitrogens with zero attached hydrogens (tertiary/aromatic N) is 2. The van der Waals surface area contributed by atoms with Gasteiger partial charge in [0.25, 0.3) is 5.91 Å². The molecule has 0 N–H and O–H groups in total. The summed E-state index contributed by atoms with van der Waals surface area (Å²) in [5, 5.41) is 0. The molecule has 2 aliphatic rings. The molecule has 3 rings (SSSR count). The van der Waals surface area contributed by atoms with Gasteiger partial charge in [-0.3, -0.25) is 4.79 Å². The molecule has 3 heterocycles. The number of amides is 1. The number of pyridine rings is 1. The van der Waals surface area contributed by atoms with Gasteiger partial charge in [0.05, 0.1) is 24.9 Å². The summed E-state index contributed by atoms with van der Waals surface area (Å²) in [6.07, 6.45) is 1.90. The van der Waals surface area contributed by atoms with Crippen LogP contribution in [0.5, 0.6) is 0 Å². The largest absolute Gasteiger partial charge is 0.379 e. The number of aryl methyl sites for hydroxylation is 1. The van der Waals surface area contributed by atoms with Gasteiger partial charge >= 0.3 is 0 Å². The smallest absolute Gasteiger partial charge is 0.272 e. The van der Waals surface area contributed by atoms with Crippen molar-refractivity contribution in [1.82, 2.24) is 9.88 Å². The monoisotopic (exact) mass is 276 g/mol. The number of hydrogen-bond donors (Lipinski definition) is 0. The van der Waals surface area contributed by atoms with Gasteiger partial charge in [0.15, 0.2) is 0 Å². The fourth-order valence-electron chi connectivity index (χ4n) is 3.08. The van der Waals surface area contributed by atoms with Crippen LogP contribution in [0, 0.1) is 6.92 Å². The summed E-state index contributed by atoms with van der Waals surface area (Å²) >= 11 is 0. The highest BCUT2D eigenvalue weighted by Gasteiger charge is 2.47. The van der Waals surface area contributed by atoms with Gasteiger partial charge in [0.2, 0.25) is 0 Å². The molecule has 1 aromatic heterocycles. The van der Waals surface area contributed by atoms with Crippen LogP contribution in [-0.4, -0.2) is 54.3 Å². The van der Waals surface area contributed by atoms with Crippen molar-refractivity contribution < 1.29 is 14.3 Å². The molecule has 0 aliphatic carbocycles. The van der Waals surface area contributed by atoms with E-state index in [1.807, 2.05) is 24.0 Å². The van der Waals surface area contributed by atoms with Gasteiger partial charge < -0.3 is 14.4 Å². The van der Waals surface area contributed by atoms with Crippen LogP contribution < -0.4 is 0 Å². The zero-order chi connectivity index (χ0) is 14.2. The quantitative estimate of drug-likeness (QED) is 0.819. The van der Waals surface area contributed by atoms with Crippen LogP contribution in [0.15, 0.2) is 18.2 Å². The SMILES string of the molecule is CO[C@@H]1CO[C@]2(CCN(C(=O)c3cccc(C)n3)C2)C1. The fraction of sp³-hybridized carbons (Fsp3) is 0.600. The van der Waals surface area contributed by atoms with Crippen molar-refractivity contribution in [2.75, 3.05) is 26.8 Å². The maximum atomic E-state index is 12.5. The normalized spacial score (nSPS) is 29.3. The molecule has 2 aliphatic heterocycles. The summed E-state index contributed by atoms with van der Waals surface area (Å²) in [6.45, 7) is 3.89. The number of hydrogen-bond acceptors (Lipinski definition) is 4. The first-order chi connectivity index (χ1) is 9.62. The van der Waals surface area contributed by atoms with Gasteiger partial charge in [-0.1, -0.05) is 6.07 Å². The average molecular weight is 276 g/mol. The van der Waals surface area contributed by atoms with Crippen LogP contribution >= 0.6 is 0 Å². The molecule has 1 amide bonds. The Labute approximate surface area is 118 Å². The summed E-state index contributed by atoms with van der Waals surface area (Å²) in [6, 6.07) is 5.54. The molecule has 5 heteroatoms. The first-order valence-electron chi connectivity index (χ1n) is 7.02. The maximum absolute atomic E-state index is 12.5. The van der Waals surface area contributed by atoms with Crippen molar-refractivity contribution in [1.29, 1.82) is 0 Å². The summed E-state index contributed by atoms with van der Waals surface area (Å²) in [4.78, 5) is 18.6. The van der Waals surface area contributed by atoms with Crippen molar-refractivity contribution in [3.05, 3.63) is 29.6 Å². The number of ether oxygens (including phenoxy) is 2. The van der Waals surface area contributed by atoms with E-state index in [-0.39, 0.29) is 17.6 Å². The minimum absolute atomic E-state index is 0.00459. The molecule has 0 bridgehead atoms. The van der Waals surface area contributed by atoms with Crippen LogP contribution in [-0.2, 0) is 9.47 Å². The summed E-state index contributed by atoms with van der Waals surface area (Å²) in [5.74, 6) is -0.00459. The van der Waals surface area contributed by atoms with Crippen molar-refractivity contribution in [2.45, 2.75) is 31.5 Å². The van der Waals surface area contributed by atoms with E-state index >= 15 is 0 Å². The van der Waals surface area contributed by atoms with Crippen LogP contribution in [0.25, 0.3) is 0 Å². The van der Waals surface area contributed by atoms with E-state index < -0.39 is 0 Å².